The fourth-order valence-electron chi connectivity index (χ4n) is 2.75. The van der Waals surface area contributed by atoms with Gasteiger partial charge in [-0.25, -0.2) is 0 Å². The highest BCUT2D eigenvalue weighted by molar-refractivity contribution is 6.30. The average molecular weight is 348 g/mol. The van der Waals surface area contributed by atoms with E-state index in [0.717, 1.165) is 12.0 Å². The Morgan fingerprint density at radius 3 is 3.04 bits per heavy atom. The van der Waals surface area contributed by atoms with Crippen LogP contribution in [0.4, 0.5) is 0 Å². The van der Waals surface area contributed by atoms with Crippen molar-refractivity contribution in [2.24, 2.45) is 0 Å². The van der Waals surface area contributed by atoms with Crippen molar-refractivity contribution < 1.29 is 19.4 Å². The molecule has 2 aromatic carbocycles. The number of carbonyl (C=O) groups excluding carboxylic acids is 1. The molecule has 0 saturated carbocycles. The number of nitrogens with one attached hydrogen (secondary N) is 1. The zero-order chi connectivity index (χ0) is 17.1. The molecule has 126 valence electrons. The number of hydrogen-bond acceptors (Lipinski definition) is 4. The molecule has 1 aliphatic heterocycles. The first kappa shape index (κ1) is 16.6. The number of amides is 1. The second kappa shape index (κ2) is 7.11. The third kappa shape index (κ3) is 3.32. The summed E-state index contributed by atoms with van der Waals surface area (Å²) in [5, 5.41) is 13.6. The molecule has 6 heteroatoms. The molecule has 0 bridgehead atoms. The molecule has 2 aromatic rings. The monoisotopic (exact) mass is 347 g/mol. The Morgan fingerprint density at radius 2 is 2.25 bits per heavy atom. The quantitative estimate of drug-likeness (QED) is 0.872. The second-order valence-electron chi connectivity index (χ2n) is 5.50. The lowest BCUT2D eigenvalue weighted by Crippen LogP contribution is -2.28. The number of para-hydroxylation sites is 1. The molecular formula is C18H18ClNO4. The Kier molecular flexibility index (Phi) is 4.92. The van der Waals surface area contributed by atoms with Crippen LogP contribution in [0.5, 0.6) is 11.5 Å². The number of halogens is 1. The van der Waals surface area contributed by atoms with Gasteiger partial charge in [0, 0.05) is 23.6 Å². The summed E-state index contributed by atoms with van der Waals surface area (Å²) in [6.07, 6.45) is -0.126. The van der Waals surface area contributed by atoms with E-state index in [0.29, 0.717) is 34.3 Å². The van der Waals surface area contributed by atoms with Crippen LogP contribution in [0.2, 0.25) is 5.02 Å². The third-order valence-corrected chi connectivity index (χ3v) is 4.20. The minimum Gasteiger partial charge on any atom is -0.496 e. The summed E-state index contributed by atoms with van der Waals surface area (Å²) in [5.41, 5.74) is 2.04. The molecule has 1 heterocycles. The minimum absolute atomic E-state index is 0.0409. The molecule has 1 aliphatic rings. The smallest absolute Gasteiger partial charge is 0.255 e. The molecule has 0 aliphatic carbocycles. The van der Waals surface area contributed by atoms with E-state index in [9.17, 15) is 9.90 Å². The van der Waals surface area contributed by atoms with E-state index in [-0.39, 0.29) is 12.5 Å². The van der Waals surface area contributed by atoms with Crippen molar-refractivity contribution in [1.29, 1.82) is 0 Å². The maximum atomic E-state index is 12.4. The summed E-state index contributed by atoms with van der Waals surface area (Å²) < 4.78 is 10.8. The molecule has 1 unspecified atom stereocenters. The van der Waals surface area contributed by atoms with Crippen molar-refractivity contribution in [3.8, 4) is 11.5 Å². The Hall–Kier alpha value is -2.24. The lowest BCUT2D eigenvalue weighted by Gasteiger charge is -2.16. The predicted octanol–water partition coefficient (Wildman–Crippen LogP) is 2.75. The maximum absolute atomic E-state index is 12.4. The highest BCUT2D eigenvalue weighted by atomic mass is 35.5. The van der Waals surface area contributed by atoms with Gasteiger partial charge in [-0.15, -0.1) is 0 Å². The van der Waals surface area contributed by atoms with Gasteiger partial charge in [0.1, 0.15) is 11.5 Å². The van der Waals surface area contributed by atoms with Gasteiger partial charge < -0.3 is 19.9 Å². The molecule has 2 N–H and O–H groups in total. The first-order valence-electron chi connectivity index (χ1n) is 7.64. The Morgan fingerprint density at radius 1 is 1.42 bits per heavy atom. The van der Waals surface area contributed by atoms with Crippen LogP contribution >= 0.6 is 11.6 Å². The number of benzene rings is 2. The molecule has 3 rings (SSSR count). The van der Waals surface area contributed by atoms with E-state index in [1.54, 1.807) is 24.3 Å². The fourth-order valence-corrected chi connectivity index (χ4v) is 2.93. The molecule has 1 amide bonds. The molecule has 0 fully saturated rings. The topological polar surface area (TPSA) is 67.8 Å². The summed E-state index contributed by atoms with van der Waals surface area (Å²) in [5.74, 6) is 0.865. The average Bonchev–Trinajstić information content (AvgIpc) is 3.08. The zero-order valence-corrected chi connectivity index (χ0v) is 14.0. The van der Waals surface area contributed by atoms with Crippen molar-refractivity contribution in [2.75, 3.05) is 20.3 Å². The van der Waals surface area contributed by atoms with Gasteiger partial charge >= 0.3 is 0 Å². The van der Waals surface area contributed by atoms with Gasteiger partial charge in [-0.05, 0) is 29.8 Å². The maximum Gasteiger partial charge on any atom is 0.255 e. The van der Waals surface area contributed by atoms with Crippen LogP contribution < -0.4 is 14.8 Å². The lowest BCUT2D eigenvalue weighted by atomic mass is 10.1. The predicted molar refractivity (Wildman–Crippen MR) is 90.9 cm³/mol. The normalized spacial score (nSPS) is 13.8. The van der Waals surface area contributed by atoms with Crippen LogP contribution in [0, 0.1) is 0 Å². The van der Waals surface area contributed by atoms with Crippen LogP contribution in [0.15, 0.2) is 36.4 Å². The van der Waals surface area contributed by atoms with Crippen molar-refractivity contribution in [2.45, 2.75) is 12.5 Å². The van der Waals surface area contributed by atoms with Crippen LogP contribution in [-0.4, -0.2) is 31.3 Å². The van der Waals surface area contributed by atoms with Gasteiger partial charge in [-0.3, -0.25) is 4.79 Å². The molecular weight excluding hydrogens is 330 g/mol. The first-order chi connectivity index (χ1) is 11.6. The van der Waals surface area contributed by atoms with Crippen LogP contribution in [0.3, 0.4) is 0 Å². The Balaban J connectivity index is 1.71. The van der Waals surface area contributed by atoms with Crippen molar-refractivity contribution >= 4 is 17.5 Å². The van der Waals surface area contributed by atoms with Crippen LogP contribution in [0.25, 0.3) is 0 Å². The van der Waals surface area contributed by atoms with E-state index in [4.69, 9.17) is 21.1 Å². The summed E-state index contributed by atoms with van der Waals surface area (Å²) in [7, 11) is 1.52. The van der Waals surface area contributed by atoms with Gasteiger partial charge in [-0.2, -0.15) is 0 Å². The Bertz CT molecular complexity index is 763. The van der Waals surface area contributed by atoms with Gasteiger partial charge in [-0.1, -0.05) is 23.7 Å². The van der Waals surface area contributed by atoms with Gasteiger partial charge in [0.2, 0.25) is 0 Å². The van der Waals surface area contributed by atoms with Gasteiger partial charge in [0.05, 0.1) is 25.4 Å². The van der Waals surface area contributed by atoms with E-state index >= 15 is 0 Å². The standard InChI is InChI=1S/C18H18ClNO4/c1-23-16-6-5-12(19)9-14(16)15(21)10-20-18(22)13-4-2-3-11-7-8-24-17(11)13/h2-6,9,15,21H,7-8,10H2,1H3,(H,20,22). The molecule has 24 heavy (non-hydrogen) atoms. The summed E-state index contributed by atoms with van der Waals surface area (Å²) in [6.45, 7) is 0.626. The highest BCUT2D eigenvalue weighted by Gasteiger charge is 2.21. The lowest BCUT2D eigenvalue weighted by molar-refractivity contribution is 0.0911. The van der Waals surface area contributed by atoms with Gasteiger partial charge in [0.15, 0.2) is 0 Å². The Labute approximate surface area is 145 Å². The molecule has 0 radical (unpaired) electrons. The number of carbonyl (C=O) groups is 1. The summed E-state index contributed by atoms with van der Waals surface area (Å²) >= 11 is 5.97. The first-order valence-corrected chi connectivity index (χ1v) is 8.02. The molecule has 5 nitrogen and oxygen atoms in total. The third-order valence-electron chi connectivity index (χ3n) is 3.97. The van der Waals surface area contributed by atoms with Crippen molar-refractivity contribution in [1.82, 2.24) is 5.32 Å². The molecule has 0 saturated heterocycles. The van der Waals surface area contributed by atoms with Crippen LogP contribution in [0.1, 0.15) is 27.6 Å². The molecule has 0 spiro atoms. The van der Waals surface area contributed by atoms with Crippen LogP contribution in [-0.2, 0) is 6.42 Å². The van der Waals surface area contributed by atoms with E-state index in [1.165, 1.54) is 7.11 Å². The fraction of sp³-hybridized carbons (Fsp3) is 0.278. The highest BCUT2D eigenvalue weighted by Crippen LogP contribution is 2.30. The number of rotatable bonds is 5. The molecule has 0 aromatic heterocycles. The van der Waals surface area contributed by atoms with Gasteiger partial charge in [0.25, 0.3) is 5.91 Å². The van der Waals surface area contributed by atoms with Crippen molar-refractivity contribution in [3.63, 3.8) is 0 Å². The number of ether oxygens (including phenoxy) is 2. The second-order valence-corrected chi connectivity index (χ2v) is 5.94. The SMILES string of the molecule is COc1ccc(Cl)cc1C(O)CNC(=O)c1cccc2c1OCC2. The van der Waals surface area contributed by atoms with E-state index in [2.05, 4.69) is 5.32 Å². The van der Waals surface area contributed by atoms with E-state index in [1.807, 2.05) is 12.1 Å². The molecule has 1 atom stereocenters. The largest absolute Gasteiger partial charge is 0.496 e. The van der Waals surface area contributed by atoms with Crippen molar-refractivity contribution in [3.05, 3.63) is 58.1 Å². The van der Waals surface area contributed by atoms with E-state index < -0.39 is 6.10 Å². The number of fused-ring (bicyclic) bond motifs is 1. The number of methoxy groups -OCH3 is 1. The summed E-state index contributed by atoms with van der Waals surface area (Å²) in [4.78, 5) is 12.4. The number of hydrogen-bond donors (Lipinski definition) is 2. The zero-order valence-electron chi connectivity index (χ0n) is 13.2. The number of aliphatic hydroxyl groups is 1. The minimum atomic E-state index is -0.930. The number of aliphatic hydroxyl groups excluding tert-OH is 1. The summed E-state index contributed by atoms with van der Waals surface area (Å²) in [6, 6.07) is 10.5.